The number of hydrogen-bond donors (Lipinski definition) is 1. The summed E-state index contributed by atoms with van der Waals surface area (Å²) < 4.78 is 2.08. The molecule has 2 unspecified atom stereocenters. The van der Waals surface area contributed by atoms with Crippen LogP contribution in [0.5, 0.6) is 0 Å². The summed E-state index contributed by atoms with van der Waals surface area (Å²) in [5, 5.41) is 11.2. The van der Waals surface area contributed by atoms with Gasteiger partial charge in [0.2, 0.25) is 0 Å². The molecular formula is C16H20N2O. The molecule has 2 heterocycles. The average molecular weight is 256 g/mol. The lowest BCUT2D eigenvalue weighted by Gasteiger charge is -2.27. The third-order valence-corrected chi connectivity index (χ3v) is 5.24. The van der Waals surface area contributed by atoms with Crippen LogP contribution >= 0.6 is 0 Å². The predicted octanol–water partition coefficient (Wildman–Crippen LogP) is 3.04. The first-order valence-electron chi connectivity index (χ1n) is 7.32. The van der Waals surface area contributed by atoms with Gasteiger partial charge >= 0.3 is 0 Å². The van der Waals surface area contributed by atoms with Gasteiger partial charge in [-0.05, 0) is 43.2 Å². The number of hydrogen-bond acceptors (Lipinski definition) is 2. The van der Waals surface area contributed by atoms with Gasteiger partial charge in [0.25, 0.3) is 0 Å². The van der Waals surface area contributed by atoms with Gasteiger partial charge in [-0.25, -0.2) is 4.98 Å². The average Bonchev–Trinajstić information content (AvgIpc) is 3.02. The molecule has 0 radical (unpaired) electrons. The Kier molecular flexibility index (Phi) is 2.31. The zero-order valence-electron chi connectivity index (χ0n) is 11.3. The van der Waals surface area contributed by atoms with Crippen molar-refractivity contribution in [3.05, 3.63) is 35.9 Å². The van der Waals surface area contributed by atoms with Gasteiger partial charge < -0.3 is 9.51 Å². The molecule has 0 amide bonds. The van der Waals surface area contributed by atoms with Gasteiger partial charge in [-0.2, -0.15) is 0 Å². The normalized spacial score (nSPS) is 34.0. The molecule has 2 aliphatic carbocycles. The SMILES string of the molecule is Cc1ccc2cncn2c1C1(O)CC2CCCC2C1. The van der Waals surface area contributed by atoms with Crippen LogP contribution in [0.15, 0.2) is 24.7 Å². The number of aliphatic hydroxyl groups is 1. The van der Waals surface area contributed by atoms with Crippen LogP contribution < -0.4 is 0 Å². The fourth-order valence-corrected chi connectivity index (χ4v) is 4.48. The van der Waals surface area contributed by atoms with Crippen LogP contribution in [0.3, 0.4) is 0 Å². The molecule has 0 spiro atoms. The van der Waals surface area contributed by atoms with E-state index in [0.717, 1.165) is 35.9 Å². The lowest BCUT2D eigenvalue weighted by atomic mass is 9.90. The zero-order chi connectivity index (χ0) is 13.0. The molecule has 2 atom stereocenters. The van der Waals surface area contributed by atoms with Gasteiger partial charge in [0, 0.05) is 0 Å². The summed E-state index contributed by atoms with van der Waals surface area (Å²) in [4.78, 5) is 4.23. The molecule has 2 fully saturated rings. The zero-order valence-corrected chi connectivity index (χ0v) is 11.3. The van der Waals surface area contributed by atoms with E-state index in [0.29, 0.717) is 0 Å². The minimum absolute atomic E-state index is 0.653. The topological polar surface area (TPSA) is 37.5 Å². The number of fused-ring (bicyclic) bond motifs is 2. The second-order valence-corrected chi connectivity index (χ2v) is 6.44. The Morgan fingerprint density at radius 1 is 1.26 bits per heavy atom. The summed E-state index contributed by atoms with van der Waals surface area (Å²) in [5.74, 6) is 1.45. The lowest BCUT2D eigenvalue weighted by Crippen LogP contribution is -2.27. The van der Waals surface area contributed by atoms with Gasteiger partial charge in [0.15, 0.2) is 0 Å². The molecule has 4 rings (SSSR count). The van der Waals surface area contributed by atoms with Crippen LogP contribution in [0.25, 0.3) is 5.52 Å². The van der Waals surface area contributed by atoms with Crippen molar-refractivity contribution in [2.24, 2.45) is 11.8 Å². The van der Waals surface area contributed by atoms with E-state index in [1.54, 1.807) is 0 Å². The van der Waals surface area contributed by atoms with Crippen molar-refractivity contribution in [3.63, 3.8) is 0 Å². The van der Waals surface area contributed by atoms with Crippen molar-refractivity contribution in [2.75, 3.05) is 0 Å². The second-order valence-electron chi connectivity index (χ2n) is 6.44. The molecule has 2 saturated carbocycles. The van der Waals surface area contributed by atoms with Crippen molar-refractivity contribution < 1.29 is 5.11 Å². The molecule has 1 N–H and O–H groups in total. The molecule has 0 bridgehead atoms. The Labute approximate surface area is 113 Å². The van der Waals surface area contributed by atoms with Crippen molar-refractivity contribution in [2.45, 2.75) is 44.6 Å². The Balaban J connectivity index is 1.86. The number of nitrogens with zero attached hydrogens (tertiary/aromatic N) is 2. The van der Waals surface area contributed by atoms with Crippen LogP contribution in [-0.4, -0.2) is 14.5 Å². The van der Waals surface area contributed by atoms with Crippen molar-refractivity contribution >= 4 is 5.52 Å². The highest BCUT2D eigenvalue weighted by Gasteiger charge is 2.48. The fraction of sp³-hybridized carbons (Fsp3) is 0.562. The molecule has 0 aliphatic heterocycles. The number of aryl methyl sites for hydroxylation is 1. The highest BCUT2D eigenvalue weighted by atomic mass is 16.3. The van der Waals surface area contributed by atoms with Crippen LogP contribution in [0.4, 0.5) is 0 Å². The van der Waals surface area contributed by atoms with Crippen LogP contribution in [0.2, 0.25) is 0 Å². The van der Waals surface area contributed by atoms with E-state index in [-0.39, 0.29) is 0 Å². The molecule has 2 aliphatic rings. The van der Waals surface area contributed by atoms with E-state index >= 15 is 0 Å². The lowest BCUT2D eigenvalue weighted by molar-refractivity contribution is 0.0289. The number of aromatic nitrogens is 2. The molecular weight excluding hydrogens is 236 g/mol. The standard InChI is InChI=1S/C16H20N2O/c1-11-5-6-14-9-17-10-18(14)15(11)16(19)7-12-3-2-4-13(12)8-16/h5-6,9-10,12-13,19H,2-4,7-8H2,1H3. The van der Waals surface area contributed by atoms with Gasteiger partial charge in [-0.1, -0.05) is 25.3 Å². The Bertz CT molecular complexity index is 619. The van der Waals surface area contributed by atoms with Gasteiger partial charge in [0.1, 0.15) is 5.60 Å². The van der Waals surface area contributed by atoms with Crippen LogP contribution in [-0.2, 0) is 5.60 Å². The summed E-state index contributed by atoms with van der Waals surface area (Å²) in [6.45, 7) is 2.10. The van der Waals surface area contributed by atoms with Crippen molar-refractivity contribution in [1.82, 2.24) is 9.38 Å². The number of pyridine rings is 1. The Morgan fingerprint density at radius 3 is 2.74 bits per heavy atom. The third kappa shape index (κ3) is 1.57. The Morgan fingerprint density at radius 2 is 2.00 bits per heavy atom. The number of rotatable bonds is 1. The van der Waals surface area contributed by atoms with Crippen molar-refractivity contribution in [1.29, 1.82) is 0 Å². The highest BCUT2D eigenvalue weighted by molar-refractivity contribution is 5.49. The predicted molar refractivity (Wildman–Crippen MR) is 73.9 cm³/mol. The first-order valence-corrected chi connectivity index (χ1v) is 7.32. The fourth-order valence-electron chi connectivity index (χ4n) is 4.48. The minimum Gasteiger partial charge on any atom is -0.384 e. The molecule has 0 saturated heterocycles. The first kappa shape index (κ1) is 11.5. The summed E-state index contributed by atoms with van der Waals surface area (Å²) >= 11 is 0. The summed E-state index contributed by atoms with van der Waals surface area (Å²) in [7, 11) is 0. The molecule has 2 aromatic rings. The van der Waals surface area contributed by atoms with E-state index in [4.69, 9.17) is 0 Å². The molecule has 3 nitrogen and oxygen atoms in total. The van der Waals surface area contributed by atoms with Gasteiger partial charge in [0.05, 0.1) is 23.7 Å². The molecule has 3 heteroatoms. The monoisotopic (exact) mass is 256 g/mol. The van der Waals surface area contributed by atoms with Gasteiger partial charge in [-0.15, -0.1) is 0 Å². The van der Waals surface area contributed by atoms with Crippen molar-refractivity contribution in [3.8, 4) is 0 Å². The smallest absolute Gasteiger partial charge is 0.106 e. The maximum Gasteiger partial charge on any atom is 0.106 e. The maximum atomic E-state index is 11.2. The molecule has 0 aromatic carbocycles. The van der Waals surface area contributed by atoms with Crippen LogP contribution in [0, 0.1) is 18.8 Å². The van der Waals surface area contributed by atoms with E-state index in [1.165, 1.54) is 24.8 Å². The Hall–Kier alpha value is -1.35. The molecule has 2 aromatic heterocycles. The van der Waals surface area contributed by atoms with E-state index in [9.17, 15) is 5.11 Å². The first-order chi connectivity index (χ1) is 9.17. The maximum absolute atomic E-state index is 11.2. The highest BCUT2D eigenvalue weighted by Crippen LogP contribution is 2.53. The molecule has 19 heavy (non-hydrogen) atoms. The van der Waals surface area contributed by atoms with E-state index in [1.807, 2.05) is 12.5 Å². The minimum atomic E-state index is -0.653. The van der Waals surface area contributed by atoms with E-state index in [2.05, 4.69) is 28.4 Å². The quantitative estimate of drug-likeness (QED) is 0.851. The molecule has 100 valence electrons. The van der Waals surface area contributed by atoms with Crippen LogP contribution in [0.1, 0.15) is 43.4 Å². The summed E-state index contributed by atoms with van der Waals surface area (Å²) in [6.07, 6.45) is 9.49. The second kappa shape index (κ2) is 3.83. The number of imidazole rings is 1. The summed E-state index contributed by atoms with van der Waals surface area (Å²) in [5.41, 5.74) is 2.66. The third-order valence-electron chi connectivity index (χ3n) is 5.24. The van der Waals surface area contributed by atoms with E-state index < -0.39 is 5.60 Å². The largest absolute Gasteiger partial charge is 0.384 e. The van der Waals surface area contributed by atoms with Gasteiger partial charge in [-0.3, -0.25) is 0 Å². The summed E-state index contributed by atoms with van der Waals surface area (Å²) in [6, 6.07) is 4.18.